The minimum Gasteiger partial charge on any atom is -0.419 e. The van der Waals surface area contributed by atoms with Crippen molar-refractivity contribution in [2.75, 3.05) is 11.9 Å². The number of anilines is 1. The molecule has 1 N–H and O–H groups in total. The van der Waals surface area contributed by atoms with Gasteiger partial charge in [0.05, 0.1) is 10.9 Å². The minimum absolute atomic E-state index is 0.0914. The first-order valence-electron chi connectivity index (χ1n) is 11.4. The summed E-state index contributed by atoms with van der Waals surface area (Å²) in [6.07, 6.45) is 0.692. The Balaban J connectivity index is 1.36. The van der Waals surface area contributed by atoms with Crippen molar-refractivity contribution in [3.63, 3.8) is 0 Å². The molecule has 3 aromatic carbocycles. The number of nitrogens with one attached hydrogen (secondary N) is 1. The zero-order valence-corrected chi connectivity index (χ0v) is 20.0. The van der Waals surface area contributed by atoms with E-state index in [0.29, 0.717) is 25.1 Å². The van der Waals surface area contributed by atoms with Gasteiger partial charge in [0.2, 0.25) is 27.5 Å². The van der Waals surface area contributed by atoms with E-state index in [1.54, 1.807) is 24.3 Å². The van der Waals surface area contributed by atoms with E-state index in [1.165, 1.54) is 9.87 Å². The molecule has 0 radical (unpaired) electrons. The Bertz CT molecular complexity index is 1490. The zero-order valence-electron chi connectivity index (χ0n) is 19.2. The van der Waals surface area contributed by atoms with Crippen molar-refractivity contribution in [2.45, 2.75) is 30.8 Å². The summed E-state index contributed by atoms with van der Waals surface area (Å²) in [7, 11) is -3.64. The Morgan fingerprint density at radius 1 is 1.00 bits per heavy atom. The molecule has 1 unspecified atom stereocenters. The molecule has 0 saturated carbocycles. The largest absolute Gasteiger partial charge is 0.419 e. The van der Waals surface area contributed by atoms with Crippen molar-refractivity contribution in [1.82, 2.24) is 9.29 Å². The molecule has 8 heteroatoms. The monoisotopic (exact) mass is 484 g/mol. The molecule has 5 rings (SSSR count). The van der Waals surface area contributed by atoms with E-state index >= 15 is 0 Å². The van der Waals surface area contributed by atoms with E-state index in [0.717, 1.165) is 11.1 Å². The molecule has 1 aliphatic heterocycles. The first kappa shape index (κ1) is 22.8. The number of fused-ring (bicyclic) bond motifs is 1. The van der Waals surface area contributed by atoms with Crippen LogP contribution in [0.15, 0.2) is 88.2 Å². The Kier molecular flexibility index (Phi) is 6.12. The molecule has 0 fully saturated rings. The van der Waals surface area contributed by atoms with Crippen LogP contribution >= 0.6 is 0 Å². The van der Waals surface area contributed by atoms with Crippen LogP contribution in [0.4, 0.5) is 5.88 Å². The Morgan fingerprint density at radius 2 is 1.69 bits per heavy atom. The van der Waals surface area contributed by atoms with Gasteiger partial charge in [0.25, 0.3) is 0 Å². The molecular formula is C27H24N4O3S. The lowest BCUT2D eigenvalue weighted by molar-refractivity contribution is 0.391. The summed E-state index contributed by atoms with van der Waals surface area (Å²) in [5, 5.41) is 12.7. The van der Waals surface area contributed by atoms with Crippen LogP contribution in [-0.2, 0) is 23.0 Å². The van der Waals surface area contributed by atoms with Crippen molar-refractivity contribution in [3.8, 4) is 17.5 Å². The molecule has 0 spiro atoms. The number of benzene rings is 3. The SMILES string of the molecule is CC(Nc1oc(-c2ccc(S(=O)(=O)N3CCc4ccccc4C3)cc2)nc1C#N)c1ccccc1. The molecule has 0 amide bonds. The summed E-state index contributed by atoms with van der Waals surface area (Å²) in [6, 6.07) is 26.1. The molecule has 1 aromatic heterocycles. The predicted molar refractivity (Wildman–Crippen MR) is 133 cm³/mol. The van der Waals surface area contributed by atoms with E-state index < -0.39 is 10.0 Å². The number of sulfonamides is 1. The lowest BCUT2D eigenvalue weighted by atomic mass is 10.0. The lowest BCUT2D eigenvalue weighted by Crippen LogP contribution is -2.35. The lowest BCUT2D eigenvalue weighted by Gasteiger charge is -2.28. The van der Waals surface area contributed by atoms with Crippen molar-refractivity contribution >= 4 is 15.9 Å². The van der Waals surface area contributed by atoms with E-state index in [4.69, 9.17) is 4.42 Å². The summed E-state index contributed by atoms with van der Waals surface area (Å²) in [6.45, 7) is 2.78. The van der Waals surface area contributed by atoms with Crippen LogP contribution in [0, 0.1) is 11.3 Å². The maximum Gasteiger partial charge on any atom is 0.243 e. The fourth-order valence-electron chi connectivity index (χ4n) is 4.23. The minimum atomic E-state index is -3.64. The molecule has 1 atom stereocenters. The van der Waals surface area contributed by atoms with Crippen LogP contribution in [0.25, 0.3) is 11.5 Å². The van der Waals surface area contributed by atoms with Crippen molar-refractivity contribution < 1.29 is 12.8 Å². The standard InChI is InChI=1S/C27H24N4O3S/c1-19(20-7-3-2-4-8-20)29-27-25(17-28)30-26(34-27)22-11-13-24(14-12-22)35(32,33)31-16-15-21-9-5-6-10-23(21)18-31/h2-14,19,29H,15-16,18H2,1H3. The summed E-state index contributed by atoms with van der Waals surface area (Å²) in [5.74, 6) is 0.530. The van der Waals surface area contributed by atoms with Crippen LogP contribution in [-0.4, -0.2) is 24.3 Å². The maximum atomic E-state index is 13.2. The number of aromatic nitrogens is 1. The number of hydrogen-bond donors (Lipinski definition) is 1. The van der Waals surface area contributed by atoms with E-state index in [-0.39, 0.29) is 28.4 Å². The quantitative estimate of drug-likeness (QED) is 0.407. The first-order chi connectivity index (χ1) is 17.0. The molecule has 0 saturated heterocycles. The Morgan fingerprint density at radius 3 is 2.40 bits per heavy atom. The molecular weight excluding hydrogens is 460 g/mol. The Labute approximate surface area is 204 Å². The topological polar surface area (TPSA) is 99.2 Å². The second-order valence-electron chi connectivity index (χ2n) is 8.47. The van der Waals surface area contributed by atoms with Crippen LogP contribution in [0.1, 0.15) is 35.3 Å². The van der Waals surface area contributed by atoms with Gasteiger partial charge in [-0.3, -0.25) is 0 Å². The molecule has 2 heterocycles. The second-order valence-corrected chi connectivity index (χ2v) is 10.4. The molecule has 4 aromatic rings. The van der Waals surface area contributed by atoms with Gasteiger partial charge in [0.15, 0.2) is 0 Å². The molecule has 0 bridgehead atoms. The normalized spacial score (nSPS) is 14.6. The molecule has 176 valence electrons. The summed E-state index contributed by atoms with van der Waals surface area (Å²) < 4.78 is 33.8. The van der Waals surface area contributed by atoms with E-state index in [9.17, 15) is 13.7 Å². The van der Waals surface area contributed by atoms with Gasteiger partial charge < -0.3 is 9.73 Å². The average Bonchev–Trinajstić information content (AvgIpc) is 3.31. The second kappa shape index (κ2) is 9.37. The Hall–Kier alpha value is -3.93. The third-order valence-corrected chi connectivity index (χ3v) is 8.07. The van der Waals surface area contributed by atoms with Gasteiger partial charge in [-0.1, -0.05) is 54.6 Å². The molecule has 0 aliphatic carbocycles. The summed E-state index contributed by atoms with van der Waals surface area (Å²) >= 11 is 0. The zero-order chi connectivity index (χ0) is 24.4. The van der Waals surface area contributed by atoms with Gasteiger partial charge in [0.1, 0.15) is 6.07 Å². The van der Waals surface area contributed by atoms with Crippen molar-refractivity contribution in [2.24, 2.45) is 0 Å². The molecule has 35 heavy (non-hydrogen) atoms. The fourth-order valence-corrected chi connectivity index (χ4v) is 5.65. The van der Waals surface area contributed by atoms with E-state index in [2.05, 4.69) is 16.4 Å². The van der Waals surface area contributed by atoms with Crippen molar-refractivity contribution in [1.29, 1.82) is 5.26 Å². The van der Waals surface area contributed by atoms with Crippen LogP contribution < -0.4 is 5.32 Å². The number of nitrogens with zero attached hydrogens (tertiary/aromatic N) is 3. The van der Waals surface area contributed by atoms with Gasteiger partial charge in [-0.2, -0.15) is 14.6 Å². The molecule has 1 aliphatic rings. The third-order valence-electron chi connectivity index (χ3n) is 6.21. The summed E-state index contributed by atoms with van der Waals surface area (Å²) in [5.41, 5.74) is 4.01. The fraction of sp³-hybridized carbons (Fsp3) is 0.185. The van der Waals surface area contributed by atoms with Crippen LogP contribution in [0.3, 0.4) is 0 Å². The highest BCUT2D eigenvalue weighted by atomic mass is 32.2. The van der Waals surface area contributed by atoms with Gasteiger partial charge in [-0.15, -0.1) is 0 Å². The highest BCUT2D eigenvalue weighted by molar-refractivity contribution is 7.89. The van der Waals surface area contributed by atoms with Gasteiger partial charge >= 0.3 is 0 Å². The van der Waals surface area contributed by atoms with Crippen LogP contribution in [0.2, 0.25) is 0 Å². The number of nitriles is 1. The maximum absolute atomic E-state index is 13.2. The van der Waals surface area contributed by atoms with Gasteiger partial charge in [-0.05, 0) is 54.3 Å². The van der Waals surface area contributed by atoms with Gasteiger partial charge in [-0.25, -0.2) is 8.42 Å². The predicted octanol–water partition coefficient (Wildman–Crippen LogP) is 5.13. The number of rotatable bonds is 6. The van der Waals surface area contributed by atoms with Gasteiger partial charge in [0, 0.05) is 18.7 Å². The number of oxazole rings is 1. The molecule has 7 nitrogen and oxygen atoms in total. The third kappa shape index (κ3) is 4.56. The van der Waals surface area contributed by atoms with Crippen molar-refractivity contribution in [3.05, 3.63) is 101 Å². The van der Waals surface area contributed by atoms with Crippen LogP contribution in [0.5, 0.6) is 0 Å². The average molecular weight is 485 g/mol. The highest BCUT2D eigenvalue weighted by Crippen LogP contribution is 2.30. The van der Waals surface area contributed by atoms with E-state index in [1.807, 2.05) is 61.5 Å². The first-order valence-corrected chi connectivity index (χ1v) is 12.8. The number of hydrogen-bond acceptors (Lipinski definition) is 6. The smallest absolute Gasteiger partial charge is 0.243 e. The summed E-state index contributed by atoms with van der Waals surface area (Å²) in [4.78, 5) is 4.51. The highest BCUT2D eigenvalue weighted by Gasteiger charge is 2.28.